The van der Waals surface area contributed by atoms with Gasteiger partial charge in [-0.15, -0.1) is 6.58 Å². The molecule has 0 aromatic heterocycles. The van der Waals surface area contributed by atoms with Gasteiger partial charge in [0.2, 0.25) is 0 Å². The molecular weight excluding hydrogens is 276 g/mol. The highest BCUT2D eigenvalue weighted by molar-refractivity contribution is 6.31. The van der Waals surface area contributed by atoms with Gasteiger partial charge in [-0.3, -0.25) is 4.79 Å². The van der Waals surface area contributed by atoms with Crippen molar-refractivity contribution in [3.8, 4) is 5.75 Å². The monoisotopic (exact) mass is 296 g/mol. The minimum Gasteiger partial charge on any atom is -0.483 e. The van der Waals surface area contributed by atoms with Crippen molar-refractivity contribution >= 4 is 17.5 Å². The van der Waals surface area contributed by atoms with Crippen LogP contribution in [0.3, 0.4) is 0 Å². The fourth-order valence-electron chi connectivity index (χ4n) is 1.62. The molecule has 1 rings (SSSR count). The Labute approximate surface area is 125 Å². The van der Waals surface area contributed by atoms with Crippen molar-refractivity contribution in [2.24, 2.45) is 0 Å². The van der Waals surface area contributed by atoms with Crippen LogP contribution in [-0.2, 0) is 11.3 Å². The van der Waals surface area contributed by atoms with Crippen LogP contribution in [0, 0.1) is 0 Å². The van der Waals surface area contributed by atoms with E-state index in [1.54, 1.807) is 6.08 Å². The summed E-state index contributed by atoms with van der Waals surface area (Å²) in [5, 5.41) is 6.57. The lowest BCUT2D eigenvalue weighted by Crippen LogP contribution is -2.29. The van der Waals surface area contributed by atoms with E-state index in [1.165, 1.54) is 0 Å². The largest absolute Gasteiger partial charge is 0.483 e. The van der Waals surface area contributed by atoms with Crippen LogP contribution in [0.5, 0.6) is 5.75 Å². The maximum absolute atomic E-state index is 11.5. The zero-order valence-electron chi connectivity index (χ0n) is 11.7. The summed E-state index contributed by atoms with van der Waals surface area (Å²) >= 11 is 6.17. The number of hydrogen-bond acceptors (Lipinski definition) is 3. The molecule has 0 fully saturated rings. The van der Waals surface area contributed by atoms with Gasteiger partial charge in [0.15, 0.2) is 6.61 Å². The second-order valence-electron chi connectivity index (χ2n) is 4.27. The lowest BCUT2D eigenvalue weighted by Gasteiger charge is -2.13. The number of benzene rings is 1. The van der Waals surface area contributed by atoms with E-state index in [0.717, 1.165) is 18.5 Å². The van der Waals surface area contributed by atoms with Gasteiger partial charge in [0.25, 0.3) is 5.91 Å². The fourth-order valence-corrected chi connectivity index (χ4v) is 1.85. The van der Waals surface area contributed by atoms with E-state index in [2.05, 4.69) is 24.1 Å². The lowest BCUT2D eigenvalue weighted by molar-refractivity contribution is -0.122. The van der Waals surface area contributed by atoms with Gasteiger partial charge >= 0.3 is 0 Å². The molecule has 1 aromatic carbocycles. The number of ether oxygens (including phenoxy) is 1. The van der Waals surface area contributed by atoms with E-state index in [9.17, 15) is 4.79 Å². The number of amides is 1. The number of carbonyl (C=O) groups excluding carboxylic acids is 1. The van der Waals surface area contributed by atoms with Crippen molar-refractivity contribution in [1.29, 1.82) is 0 Å². The first-order valence-electron chi connectivity index (χ1n) is 6.67. The van der Waals surface area contributed by atoms with Crippen LogP contribution in [0.2, 0.25) is 5.02 Å². The molecular formula is C15H21ClN2O2. The van der Waals surface area contributed by atoms with E-state index in [-0.39, 0.29) is 12.5 Å². The van der Waals surface area contributed by atoms with Crippen molar-refractivity contribution in [3.05, 3.63) is 41.4 Å². The first-order valence-corrected chi connectivity index (χ1v) is 7.05. The Hall–Kier alpha value is -1.52. The number of hydrogen-bond donors (Lipinski definition) is 2. The highest BCUT2D eigenvalue weighted by Gasteiger charge is 2.09. The number of halogens is 1. The fraction of sp³-hybridized carbons (Fsp3) is 0.400. The molecule has 0 saturated carbocycles. The van der Waals surface area contributed by atoms with Crippen LogP contribution >= 0.6 is 11.6 Å². The summed E-state index contributed by atoms with van der Waals surface area (Å²) in [4.78, 5) is 11.5. The molecule has 0 aliphatic rings. The second-order valence-corrected chi connectivity index (χ2v) is 4.68. The Morgan fingerprint density at radius 3 is 3.00 bits per heavy atom. The van der Waals surface area contributed by atoms with Gasteiger partial charge in [-0.1, -0.05) is 30.7 Å². The van der Waals surface area contributed by atoms with Crippen LogP contribution in [0.1, 0.15) is 18.9 Å². The molecule has 110 valence electrons. The summed E-state index contributed by atoms with van der Waals surface area (Å²) in [6, 6.07) is 5.44. The van der Waals surface area contributed by atoms with E-state index < -0.39 is 0 Å². The number of nitrogens with one attached hydrogen (secondary N) is 2. The molecule has 1 amide bonds. The highest BCUT2D eigenvalue weighted by Crippen LogP contribution is 2.26. The minimum absolute atomic E-state index is 0.0328. The molecule has 0 saturated heterocycles. The van der Waals surface area contributed by atoms with Crippen molar-refractivity contribution in [3.63, 3.8) is 0 Å². The first kappa shape index (κ1) is 16.5. The first-order chi connectivity index (χ1) is 9.69. The molecule has 0 aliphatic heterocycles. The molecule has 0 radical (unpaired) electrons. The average Bonchev–Trinajstić information content (AvgIpc) is 2.45. The van der Waals surface area contributed by atoms with Gasteiger partial charge in [-0.2, -0.15) is 0 Å². The SMILES string of the molecule is C=CCNC(=O)COc1cccc(Cl)c1CNCCC. The van der Waals surface area contributed by atoms with Crippen LogP contribution in [0.4, 0.5) is 0 Å². The Morgan fingerprint density at radius 1 is 1.50 bits per heavy atom. The minimum atomic E-state index is -0.183. The summed E-state index contributed by atoms with van der Waals surface area (Å²) in [7, 11) is 0. The van der Waals surface area contributed by atoms with Gasteiger partial charge in [0, 0.05) is 23.7 Å². The standard InChI is InChI=1S/C15H21ClN2O2/c1-3-8-17-10-12-13(16)6-5-7-14(12)20-11-15(19)18-9-4-2/h4-7,17H,2-3,8-11H2,1H3,(H,18,19). The Bertz CT molecular complexity index is 449. The van der Waals surface area contributed by atoms with E-state index in [4.69, 9.17) is 16.3 Å². The summed E-state index contributed by atoms with van der Waals surface area (Å²) in [5.74, 6) is 0.451. The Kier molecular flexibility index (Phi) is 7.77. The van der Waals surface area contributed by atoms with Gasteiger partial charge < -0.3 is 15.4 Å². The third-order valence-electron chi connectivity index (χ3n) is 2.61. The number of carbonyl (C=O) groups is 1. The van der Waals surface area contributed by atoms with E-state index in [1.807, 2.05) is 18.2 Å². The molecule has 0 aliphatic carbocycles. The van der Waals surface area contributed by atoms with Crippen molar-refractivity contribution in [1.82, 2.24) is 10.6 Å². The molecule has 20 heavy (non-hydrogen) atoms. The summed E-state index contributed by atoms with van der Waals surface area (Å²) < 4.78 is 5.54. The average molecular weight is 297 g/mol. The van der Waals surface area contributed by atoms with Crippen LogP contribution in [0.25, 0.3) is 0 Å². The van der Waals surface area contributed by atoms with Crippen molar-refractivity contribution < 1.29 is 9.53 Å². The summed E-state index contributed by atoms with van der Waals surface area (Å²) in [6.45, 7) is 7.57. The summed E-state index contributed by atoms with van der Waals surface area (Å²) in [5.41, 5.74) is 0.874. The third-order valence-corrected chi connectivity index (χ3v) is 2.96. The highest BCUT2D eigenvalue weighted by atomic mass is 35.5. The van der Waals surface area contributed by atoms with Crippen LogP contribution < -0.4 is 15.4 Å². The summed E-state index contributed by atoms with van der Waals surface area (Å²) in [6.07, 6.45) is 2.67. The predicted molar refractivity (Wildman–Crippen MR) is 82.2 cm³/mol. The smallest absolute Gasteiger partial charge is 0.258 e. The lowest BCUT2D eigenvalue weighted by atomic mass is 10.2. The molecule has 0 atom stereocenters. The molecule has 2 N–H and O–H groups in total. The molecule has 0 unspecified atom stereocenters. The van der Waals surface area contributed by atoms with Crippen LogP contribution in [0.15, 0.2) is 30.9 Å². The maximum atomic E-state index is 11.5. The topological polar surface area (TPSA) is 50.4 Å². The van der Waals surface area contributed by atoms with Crippen LogP contribution in [-0.4, -0.2) is 25.6 Å². The zero-order valence-corrected chi connectivity index (χ0v) is 12.5. The zero-order chi connectivity index (χ0) is 14.8. The van der Waals surface area contributed by atoms with Gasteiger partial charge in [-0.25, -0.2) is 0 Å². The molecule has 0 spiro atoms. The number of rotatable bonds is 9. The molecule has 0 bridgehead atoms. The normalized spacial score (nSPS) is 10.1. The molecule has 0 heterocycles. The maximum Gasteiger partial charge on any atom is 0.258 e. The second kappa shape index (κ2) is 9.39. The van der Waals surface area contributed by atoms with Gasteiger partial charge in [0.1, 0.15) is 5.75 Å². The van der Waals surface area contributed by atoms with Gasteiger partial charge in [-0.05, 0) is 25.1 Å². The Morgan fingerprint density at radius 2 is 2.30 bits per heavy atom. The molecule has 4 nitrogen and oxygen atoms in total. The predicted octanol–water partition coefficient (Wildman–Crippen LogP) is 2.52. The van der Waals surface area contributed by atoms with Gasteiger partial charge in [0.05, 0.1) is 0 Å². The molecule has 5 heteroatoms. The quantitative estimate of drug-likeness (QED) is 0.544. The van der Waals surface area contributed by atoms with Crippen molar-refractivity contribution in [2.75, 3.05) is 19.7 Å². The Balaban J connectivity index is 2.61. The van der Waals surface area contributed by atoms with E-state index >= 15 is 0 Å². The van der Waals surface area contributed by atoms with Crippen molar-refractivity contribution in [2.45, 2.75) is 19.9 Å². The van der Waals surface area contributed by atoms with E-state index in [0.29, 0.717) is 23.9 Å². The third kappa shape index (κ3) is 5.63. The molecule has 1 aromatic rings.